The van der Waals surface area contributed by atoms with Crippen molar-refractivity contribution >= 4 is 11.4 Å². The molecule has 0 saturated carbocycles. The van der Waals surface area contributed by atoms with E-state index in [4.69, 9.17) is 13.1 Å². The van der Waals surface area contributed by atoms with Gasteiger partial charge in [-0.3, -0.25) is 9.69 Å². The molecule has 0 fully saturated rings. The van der Waals surface area contributed by atoms with Crippen LogP contribution in [0.2, 0.25) is 0 Å². The molecular formula is C12H12N2. The fourth-order valence-corrected chi connectivity index (χ4v) is 1.17. The Hall–Kier alpha value is -1.80. The summed E-state index contributed by atoms with van der Waals surface area (Å²) in [6.45, 7) is 20.1. The molecule has 0 aromatic heterocycles. The average Bonchev–Trinajstić information content (AvgIpc) is 2.15. The molecule has 0 atom stereocenters. The Bertz CT molecular complexity index is 425. The van der Waals surface area contributed by atoms with Crippen molar-refractivity contribution in [2.75, 3.05) is 0 Å². The Kier molecular flexibility index (Phi) is 2.58. The van der Waals surface area contributed by atoms with Gasteiger partial charge >= 0.3 is 0 Å². The van der Waals surface area contributed by atoms with E-state index in [0.29, 0.717) is 11.4 Å². The van der Waals surface area contributed by atoms with Gasteiger partial charge in [0.1, 0.15) is 0 Å². The number of hydrogen-bond acceptors (Lipinski definition) is 0. The normalized spacial score (nSPS) is 10.4. The van der Waals surface area contributed by atoms with Crippen LogP contribution >= 0.6 is 0 Å². The third-order valence-corrected chi connectivity index (χ3v) is 2.08. The molecule has 0 aliphatic rings. The van der Waals surface area contributed by atoms with Gasteiger partial charge in [0.15, 0.2) is 11.4 Å². The molecular weight excluding hydrogens is 172 g/mol. The zero-order valence-electron chi connectivity index (χ0n) is 8.63. The molecule has 0 amide bonds. The maximum atomic E-state index is 6.97. The second-order valence-corrected chi connectivity index (χ2v) is 4.18. The highest BCUT2D eigenvalue weighted by Gasteiger charge is 2.15. The molecule has 1 aromatic carbocycles. The van der Waals surface area contributed by atoms with Gasteiger partial charge in [0.2, 0.25) is 0 Å². The molecule has 1 rings (SSSR count). The lowest BCUT2D eigenvalue weighted by Gasteiger charge is -2.19. The van der Waals surface area contributed by atoms with Crippen LogP contribution in [0.25, 0.3) is 9.69 Å². The molecule has 14 heavy (non-hydrogen) atoms. The van der Waals surface area contributed by atoms with E-state index in [2.05, 4.69) is 30.5 Å². The summed E-state index contributed by atoms with van der Waals surface area (Å²) in [5.41, 5.74) is 2.01. The fraction of sp³-hybridized carbons (Fsp3) is 0.333. The quantitative estimate of drug-likeness (QED) is 0.537. The summed E-state index contributed by atoms with van der Waals surface area (Å²) in [7, 11) is 0. The number of rotatable bonds is 0. The van der Waals surface area contributed by atoms with Crippen molar-refractivity contribution in [3.8, 4) is 0 Å². The van der Waals surface area contributed by atoms with Crippen molar-refractivity contribution in [2.45, 2.75) is 26.2 Å². The molecule has 0 saturated heterocycles. The average molecular weight is 184 g/mol. The van der Waals surface area contributed by atoms with E-state index >= 15 is 0 Å². The monoisotopic (exact) mass is 184 g/mol. The SMILES string of the molecule is [C-]#[N+]c1ccc(C(C)(C)C)cc1[N+]#[C-]. The molecule has 0 heterocycles. The fourth-order valence-electron chi connectivity index (χ4n) is 1.17. The van der Waals surface area contributed by atoms with Crippen LogP contribution in [0.15, 0.2) is 18.2 Å². The molecule has 0 N–H and O–H groups in total. The Labute approximate surface area is 84.8 Å². The van der Waals surface area contributed by atoms with E-state index in [1.165, 1.54) is 0 Å². The zero-order chi connectivity index (χ0) is 10.8. The van der Waals surface area contributed by atoms with Gasteiger partial charge in [-0.15, -0.1) is 0 Å². The first-order chi connectivity index (χ1) is 6.49. The second kappa shape index (κ2) is 3.52. The zero-order valence-corrected chi connectivity index (χ0v) is 8.63. The first-order valence-corrected chi connectivity index (χ1v) is 4.38. The summed E-state index contributed by atoms with van der Waals surface area (Å²) in [6, 6.07) is 5.45. The summed E-state index contributed by atoms with van der Waals surface area (Å²) in [6.07, 6.45) is 0. The van der Waals surface area contributed by atoms with Crippen molar-refractivity contribution < 1.29 is 0 Å². The van der Waals surface area contributed by atoms with E-state index in [1.54, 1.807) is 12.1 Å². The Morgan fingerprint density at radius 2 is 1.57 bits per heavy atom. The Morgan fingerprint density at radius 3 is 2.00 bits per heavy atom. The lowest BCUT2D eigenvalue weighted by molar-refractivity contribution is 0.591. The van der Waals surface area contributed by atoms with Crippen molar-refractivity contribution in [2.24, 2.45) is 0 Å². The van der Waals surface area contributed by atoms with Crippen LogP contribution < -0.4 is 0 Å². The summed E-state index contributed by atoms with van der Waals surface area (Å²) < 4.78 is 0. The van der Waals surface area contributed by atoms with Gasteiger partial charge in [0.25, 0.3) is 0 Å². The van der Waals surface area contributed by atoms with E-state index in [1.807, 2.05) is 6.07 Å². The third-order valence-electron chi connectivity index (χ3n) is 2.08. The minimum atomic E-state index is 0.0278. The maximum Gasteiger partial charge on any atom is 0.194 e. The molecule has 2 heteroatoms. The van der Waals surface area contributed by atoms with Gasteiger partial charge in [-0.25, -0.2) is 0 Å². The van der Waals surface area contributed by atoms with Crippen LogP contribution in [0.4, 0.5) is 11.4 Å². The summed E-state index contributed by atoms with van der Waals surface area (Å²) in [5, 5.41) is 0. The first kappa shape index (κ1) is 10.3. The van der Waals surface area contributed by atoms with E-state index in [0.717, 1.165) is 5.56 Å². The van der Waals surface area contributed by atoms with E-state index < -0.39 is 0 Å². The van der Waals surface area contributed by atoms with Gasteiger partial charge in [-0.05, 0) is 5.41 Å². The van der Waals surface area contributed by atoms with E-state index in [-0.39, 0.29) is 5.41 Å². The van der Waals surface area contributed by atoms with Crippen LogP contribution in [0, 0.1) is 13.1 Å². The molecule has 0 spiro atoms. The number of hydrogen-bond donors (Lipinski definition) is 0. The van der Waals surface area contributed by atoms with Crippen LogP contribution in [-0.4, -0.2) is 0 Å². The highest BCUT2D eigenvalue weighted by atomic mass is 14.7. The molecule has 1 aromatic rings. The van der Waals surface area contributed by atoms with Crippen LogP contribution in [0.3, 0.4) is 0 Å². The Morgan fingerprint density at radius 1 is 1.00 bits per heavy atom. The van der Waals surface area contributed by atoms with Crippen molar-refractivity contribution in [1.82, 2.24) is 0 Å². The summed E-state index contributed by atoms with van der Waals surface area (Å²) >= 11 is 0. The van der Waals surface area contributed by atoms with Gasteiger partial charge in [-0.2, -0.15) is 0 Å². The van der Waals surface area contributed by atoms with Crippen molar-refractivity contribution in [3.63, 3.8) is 0 Å². The highest BCUT2D eigenvalue weighted by Crippen LogP contribution is 2.33. The lowest BCUT2D eigenvalue weighted by Crippen LogP contribution is -2.10. The van der Waals surface area contributed by atoms with Crippen LogP contribution in [-0.2, 0) is 5.41 Å². The van der Waals surface area contributed by atoms with Crippen LogP contribution in [0.1, 0.15) is 26.3 Å². The molecule has 0 radical (unpaired) electrons. The minimum absolute atomic E-state index is 0.0278. The van der Waals surface area contributed by atoms with E-state index in [9.17, 15) is 0 Å². The minimum Gasteiger partial charge on any atom is -0.250 e. The Balaban J connectivity index is 3.32. The van der Waals surface area contributed by atoms with Crippen molar-refractivity contribution in [3.05, 3.63) is 46.6 Å². The van der Waals surface area contributed by atoms with Crippen molar-refractivity contribution in [1.29, 1.82) is 0 Å². The maximum absolute atomic E-state index is 6.97. The number of benzene rings is 1. The summed E-state index contributed by atoms with van der Waals surface area (Å²) in [4.78, 5) is 6.65. The lowest BCUT2D eigenvalue weighted by atomic mass is 9.87. The standard InChI is InChI=1S/C12H12N2/c1-12(2,3)9-6-7-10(13-4)11(8-9)14-5/h6-8H,1-3H3. The molecule has 0 aliphatic carbocycles. The topological polar surface area (TPSA) is 8.72 Å². The molecule has 0 unspecified atom stereocenters. The first-order valence-electron chi connectivity index (χ1n) is 4.38. The predicted molar refractivity (Wildman–Crippen MR) is 57.7 cm³/mol. The number of nitrogens with zero attached hydrogens (tertiary/aromatic N) is 2. The largest absolute Gasteiger partial charge is 0.250 e. The molecule has 70 valence electrons. The molecule has 0 bridgehead atoms. The van der Waals surface area contributed by atoms with Gasteiger partial charge in [0.05, 0.1) is 13.1 Å². The predicted octanol–water partition coefficient (Wildman–Crippen LogP) is 4.09. The van der Waals surface area contributed by atoms with Crippen LogP contribution in [0.5, 0.6) is 0 Å². The highest BCUT2D eigenvalue weighted by molar-refractivity contribution is 5.71. The van der Waals surface area contributed by atoms with Gasteiger partial charge < -0.3 is 0 Å². The van der Waals surface area contributed by atoms with Gasteiger partial charge in [-0.1, -0.05) is 44.5 Å². The van der Waals surface area contributed by atoms with Gasteiger partial charge in [0, 0.05) is 0 Å². The molecule has 2 nitrogen and oxygen atoms in total. The smallest absolute Gasteiger partial charge is 0.194 e. The second-order valence-electron chi connectivity index (χ2n) is 4.18. The molecule has 0 aliphatic heterocycles. The third kappa shape index (κ3) is 1.92. The summed E-state index contributed by atoms with van der Waals surface area (Å²) in [5.74, 6) is 0.